The highest BCUT2D eigenvalue weighted by molar-refractivity contribution is 8.68. The molecule has 0 aliphatic carbocycles. The average Bonchev–Trinajstić information content (AvgIpc) is 2.62. The fourth-order valence-corrected chi connectivity index (χ4v) is 4.39. The van der Waals surface area contributed by atoms with Gasteiger partial charge in [0.1, 0.15) is 5.04 Å². The molecule has 0 heterocycles. The lowest BCUT2D eigenvalue weighted by atomic mass is 10.1. The SMILES string of the molecule is CCCCCCCCCCCCSS(=O)N(C)C(=O)ON=C(C)SC. The number of nitrogens with zero attached hydrogens (tertiary/aromatic N) is 2. The fourth-order valence-electron chi connectivity index (χ4n) is 2.06. The molecule has 25 heavy (non-hydrogen) atoms. The Morgan fingerprint density at radius 1 is 1.04 bits per heavy atom. The summed E-state index contributed by atoms with van der Waals surface area (Å²) >= 11 is 1.39. The van der Waals surface area contributed by atoms with Gasteiger partial charge in [-0.05, 0) is 30.4 Å². The third-order valence-electron chi connectivity index (χ3n) is 3.71. The van der Waals surface area contributed by atoms with Crippen molar-refractivity contribution in [2.45, 2.75) is 78.1 Å². The van der Waals surface area contributed by atoms with Gasteiger partial charge in [0.05, 0.1) is 0 Å². The zero-order chi connectivity index (χ0) is 18.9. The first-order valence-electron chi connectivity index (χ1n) is 9.11. The lowest BCUT2D eigenvalue weighted by Crippen LogP contribution is -2.26. The van der Waals surface area contributed by atoms with E-state index in [1.807, 2.05) is 6.26 Å². The highest BCUT2D eigenvalue weighted by Crippen LogP contribution is 2.16. The van der Waals surface area contributed by atoms with Crippen LogP contribution in [0.5, 0.6) is 0 Å². The van der Waals surface area contributed by atoms with Crippen LogP contribution < -0.4 is 0 Å². The minimum absolute atomic E-state index is 0.644. The van der Waals surface area contributed by atoms with Gasteiger partial charge in [0.2, 0.25) is 0 Å². The molecule has 0 fully saturated rings. The fraction of sp³-hybridized carbons (Fsp3) is 0.882. The van der Waals surface area contributed by atoms with Crippen molar-refractivity contribution in [3.05, 3.63) is 0 Å². The second-order valence-electron chi connectivity index (χ2n) is 5.89. The first kappa shape index (κ1) is 24.8. The molecule has 1 unspecified atom stereocenters. The van der Waals surface area contributed by atoms with Gasteiger partial charge in [0.25, 0.3) is 0 Å². The minimum Gasteiger partial charge on any atom is -0.296 e. The molecule has 0 saturated heterocycles. The first-order chi connectivity index (χ1) is 12.0. The maximum atomic E-state index is 12.0. The number of hydrogen-bond donors (Lipinski definition) is 0. The van der Waals surface area contributed by atoms with Crippen LogP contribution in [-0.2, 0) is 14.9 Å². The van der Waals surface area contributed by atoms with Crippen LogP contribution in [-0.4, -0.2) is 38.7 Å². The van der Waals surface area contributed by atoms with Crippen LogP contribution in [0, 0.1) is 0 Å². The van der Waals surface area contributed by atoms with E-state index in [0.717, 1.165) is 22.9 Å². The van der Waals surface area contributed by atoms with Crippen molar-refractivity contribution in [1.82, 2.24) is 4.31 Å². The highest BCUT2D eigenvalue weighted by Gasteiger charge is 2.17. The Morgan fingerprint density at radius 3 is 2.08 bits per heavy atom. The molecule has 0 aromatic rings. The molecule has 5 nitrogen and oxygen atoms in total. The summed E-state index contributed by atoms with van der Waals surface area (Å²) in [5.74, 6) is 0.786. The highest BCUT2D eigenvalue weighted by atomic mass is 33.1. The van der Waals surface area contributed by atoms with E-state index in [1.165, 1.54) is 81.0 Å². The summed E-state index contributed by atoms with van der Waals surface area (Å²) in [5, 5.41) is 4.30. The van der Waals surface area contributed by atoms with Crippen LogP contribution in [0.3, 0.4) is 0 Å². The van der Waals surface area contributed by atoms with E-state index in [-0.39, 0.29) is 0 Å². The molecule has 148 valence electrons. The summed E-state index contributed by atoms with van der Waals surface area (Å²) < 4.78 is 13.1. The van der Waals surface area contributed by atoms with Crippen LogP contribution in [0.15, 0.2) is 5.16 Å². The molecule has 0 saturated carbocycles. The van der Waals surface area contributed by atoms with Crippen LogP contribution in [0.1, 0.15) is 78.1 Å². The standard InChI is InChI=1S/C17H34N2O3S3/c1-5-6-7-8-9-10-11-12-13-14-15-24-25(21)19(3)17(20)22-18-16(2)23-4/h5-15H2,1-4H3. The third-order valence-corrected chi connectivity index (χ3v) is 7.40. The van der Waals surface area contributed by atoms with Crippen molar-refractivity contribution >= 4 is 43.7 Å². The van der Waals surface area contributed by atoms with Gasteiger partial charge < -0.3 is 0 Å². The summed E-state index contributed by atoms with van der Waals surface area (Å²) in [6.07, 6.45) is 13.9. The van der Waals surface area contributed by atoms with Crippen molar-refractivity contribution in [2.75, 3.05) is 19.1 Å². The molecule has 1 atom stereocenters. The second kappa shape index (κ2) is 17.2. The number of carbonyl (C=O) groups is 1. The van der Waals surface area contributed by atoms with Gasteiger partial charge in [-0.15, -0.1) is 11.8 Å². The van der Waals surface area contributed by atoms with Crippen molar-refractivity contribution in [2.24, 2.45) is 5.16 Å². The number of oxime groups is 1. The monoisotopic (exact) mass is 410 g/mol. The van der Waals surface area contributed by atoms with Gasteiger partial charge in [-0.2, -0.15) is 0 Å². The summed E-state index contributed by atoms with van der Waals surface area (Å²) in [7, 11) is 1.31. The Bertz CT molecular complexity index is 407. The van der Waals surface area contributed by atoms with E-state index >= 15 is 0 Å². The molecule has 0 bridgehead atoms. The molecular formula is C17H34N2O3S3. The molecule has 0 aromatic carbocycles. The molecule has 0 aliphatic heterocycles. The van der Waals surface area contributed by atoms with Gasteiger partial charge in [0.15, 0.2) is 10.0 Å². The number of hydrogen-bond acceptors (Lipinski definition) is 6. The van der Waals surface area contributed by atoms with Crippen LogP contribution in [0.4, 0.5) is 4.79 Å². The second-order valence-corrected chi connectivity index (χ2v) is 10.1. The molecular weight excluding hydrogens is 376 g/mol. The lowest BCUT2D eigenvalue weighted by Gasteiger charge is -2.12. The van der Waals surface area contributed by atoms with Gasteiger partial charge in [-0.25, -0.2) is 13.3 Å². The first-order valence-corrected chi connectivity index (χ1v) is 12.9. The lowest BCUT2D eigenvalue weighted by molar-refractivity contribution is 0.136. The van der Waals surface area contributed by atoms with Gasteiger partial charge in [0, 0.05) is 12.8 Å². The van der Waals surface area contributed by atoms with Crippen molar-refractivity contribution < 1.29 is 13.8 Å². The molecule has 0 rings (SSSR count). The normalized spacial score (nSPS) is 12.9. The van der Waals surface area contributed by atoms with Gasteiger partial charge >= 0.3 is 6.09 Å². The zero-order valence-electron chi connectivity index (χ0n) is 16.1. The van der Waals surface area contributed by atoms with E-state index < -0.39 is 16.1 Å². The third kappa shape index (κ3) is 14.6. The summed E-state index contributed by atoms with van der Waals surface area (Å²) in [4.78, 5) is 16.4. The Morgan fingerprint density at radius 2 is 1.56 bits per heavy atom. The van der Waals surface area contributed by atoms with Crippen molar-refractivity contribution in [3.63, 3.8) is 0 Å². The van der Waals surface area contributed by atoms with E-state index in [2.05, 4.69) is 12.1 Å². The van der Waals surface area contributed by atoms with Crippen LogP contribution >= 0.6 is 22.6 Å². The Hall–Kier alpha value is -0.210. The molecule has 0 aliphatic rings. The minimum atomic E-state index is -1.43. The number of carbonyl (C=O) groups excluding carboxylic acids is 1. The zero-order valence-corrected chi connectivity index (χ0v) is 18.6. The van der Waals surface area contributed by atoms with Crippen LogP contribution in [0.2, 0.25) is 0 Å². The Balaban J connectivity index is 3.61. The van der Waals surface area contributed by atoms with E-state index in [1.54, 1.807) is 6.92 Å². The quantitative estimate of drug-likeness (QED) is 0.0879. The molecule has 0 spiro atoms. The molecule has 0 N–H and O–H groups in total. The number of unbranched alkanes of at least 4 members (excludes halogenated alkanes) is 9. The predicted octanol–water partition coefficient (Wildman–Crippen LogP) is 5.98. The largest absolute Gasteiger partial charge is 0.448 e. The molecule has 0 radical (unpaired) electrons. The van der Waals surface area contributed by atoms with Crippen molar-refractivity contribution in [3.8, 4) is 0 Å². The van der Waals surface area contributed by atoms with Gasteiger partial charge in [-0.1, -0.05) is 69.9 Å². The molecule has 8 heteroatoms. The number of amides is 1. The predicted molar refractivity (Wildman–Crippen MR) is 113 cm³/mol. The Labute approximate surface area is 164 Å². The van der Waals surface area contributed by atoms with Gasteiger partial charge in [-0.3, -0.25) is 4.84 Å². The maximum absolute atomic E-state index is 12.0. The summed E-state index contributed by atoms with van der Waals surface area (Å²) in [6, 6.07) is 0. The van der Waals surface area contributed by atoms with E-state index in [4.69, 9.17) is 4.84 Å². The number of thioether (sulfide) groups is 1. The van der Waals surface area contributed by atoms with E-state index in [9.17, 15) is 9.00 Å². The maximum Gasteiger partial charge on any atom is 0.448 e. The molecule has 0 aromatic heterocycles. The summed E-state index contributed by atoms with van der Waals surface area (Å²) in [6.45, 7) is 3.99. The number of rotatable bonds is 14. The topological polar surface area (TPSA) is 59.0 Å². The van der Waals surface area contributed by atoms with Crippen LogP contribution in [0.25, 0.3) is 0 Å². The average molecular weight is 411 g/mol. The smallest absolute Gasteiger partial charge is 0.296 e. The van der Waals surface area contributed by atoms with E-state index in [0.29, 0.717) is 5.04 Å². The molecule has 1 amide bonds. The van der Waals surface area contributed by atoms with Crippen molar-refractivity contribution in [1.29, 1.82) is 0 Å². The Kier molecular flexibility index (Phi) is 17.1. The summed E-state index contributed by atoms with van der Waals surface area (Å²) in [5.41, 5.74) is 0.